The maximum absolute atomic E-state index is 13.7. The number of thiophene rings is 1. The molecule has 0 aliphatic carbocycles. The van der Waals surface area contributed by atoms with Gasteiger partial charge in [-0.3, -0.25) is 9.59 Å². The minimum Gasteiger partial charge on any atom is -0.493 e. The van der Waals surface area contributed by atoms with E-state index in [1.54, 1.807) is 18.2 Å². The highest BCUT2D eigenvalue weighted by atomic mass is 32.1. The Balaban J connectivity index is 1.72. The number of nitrogens with two attached hydrogens (primary N) is 1. The van der Waals surface area contributed by atoms with Crippen molar-refractivity contribution in [1.29, 1.82) is 0 Å². The number of halogens is 1. The second kappa shape index (κ2) is 8.16. The SMILES string of the molecule is COc1cc([C@H]2CC(=O)Nc3c(-c4cccc(F)c4)csc32)ccc1OCC(N)=O. The minimum atomic E-state index is -0.585. The molecule has 2 amide bonds. The molecule has 1 aliphatic heterocycles. The number of amides is 2. The number of hydrogen-bond donors (Lipinski definition) is 2. The van der Waals surface area contributed by atoms with E-state index in [-0.39, 0.29) is 30.7 Å². The molecule has 3 N–H and O–H groups in total. The molecule has 2 heterocycles. The first-order valence-corrected chi connectivity index (χ1v) is 10.1. The quantitative estimate of drug-likeness (QED) is 0.626. The molecule has 2 aromatic carbocycles. The van der Waals surface area contributed by atoms with Crippen molar-refractivity contribution >= 4 is 28.8 Å². The largest absolute Gasteiger partial charge is 0.493 e. The van der Waals surface area contributed by atoms with Gasteiger partial charge in [-0.05, 0) is 35.4 Å². The van der Waals surface area contributed by atoms with Crippen molar-refractivity contribution in [3.05, 3.63) is 64.1 Å². The predicted molar refractivity (Wildman–Crippen MR) is 112 cm³/mol. The third-order valence-corrected chi connectivity index (χ3v) is 5.98. The van der Waals surface area contributed by atoms with Gasteiger partial charge in [0.15, 0.2) is 18.1 Å². The van der Waals surface area contributed by atoms with Crippen LogP contribution < -0.4 is 20.5 Å². The smallest absolute Gasteiger partial charge is 0.255 e. The van der Waals surface area contributed by atoms with E-state index < -0.39 is 5.91 Å². The number of rotatable bonds is 6. The van der Waals surface area contributed by atoms with Crippen molar-refractivity contribution < 1.29 is 23.5 Å². The molecular formula is C22H19FN2O4S. The van der Waals surface area contributed by atoms with Gasteiger partial charge in [0.25, 0.3) is 5.91 Å². The van der Waals surface area contributed by atoms with E-state index in [0.29, 0.717) is 22.7 Å². The number of fused-ring (bicyclic) bond motifs is 1. The van der Waals surface area contributed by atoms with Crippen LogP contribution in [0.4, 0.5) is 10.1 Å². The second-order valence-electron chi connectivity index (χ2n) is 6.87. The summed E-state index contributed by atoms with van der Waals surface area (Å²) in [5.41, 5.74) is 8.22. The molecule has 0 bridgehead atoms. The summed E-state index contributed by atoms with van der Waals surface area (Å²) < 4.78 is 24.5. The molecule has 4 rings (SSSR count). The van der Waals surface area contributed by atoms with Gasteiger partial charge in [-0.2, -0.15) is 0 Å². The summed E-state index contributed by atoms with van der Waals surface area (Å²) in [6, 6.07) is 11.6. The Morgan fingerprint density at radius 3 is 2.83 bits per heavy atom. The molecule has 3 aromatic rings. The Labute approximate surface area is 176 Å². The Morgan fingerprint density at radius 2 is 2.10 bits per heavy atom. The number of carbonyl (C=O) groups excluding carboxylic acids is 2. The number of benzene rings is 2. The van der Waals surface area contributed by atoms with Crippen LogP contribution in [0.5, 0.6) is 11.5 Å². The molecule has 0 unspecified atom stereocenters. The topological polar surface area (TPSA) is 90.7 Å². The summed E-state index contributed by atoms with van der Waals surface area (Å²) >= 11 is 1.52. The molecule has 0 spiro atoms. The van der Waals surface area contributed by atoms with Gasteiger partial charge >= 0.3 is 0 Å². The summed E-state index contributed by atoms with van der Waals surface area (Å²) in [5.74, 6) is -0.368. The van der Waals surface area contributed by atoms with Gasteiger partial charge in [0, 0.05) is 28.2 Å². The normalized spacial score (nSPS) is 15.3. The Kier molecular flexibility index (Phi) is 5.41. The summed E-state index contributed by atoms with van der Waals surface area (Å²) in [5, 5.41) is 4.87. The van der Waals surface area contributed by atoms with E-state index in [9.17, 15) is 14.0 Å². The summed E-state index contributed by atoms with van der Waals surface area (Å²) in [6.07, 6.45) is 0.279. The van der Waals surface area contributed by atoms with Gasteiger partial charge in [-0.25, -0.2) is 4.39 Å². The van der Waals surface area contributed by atoms with Crippen molar-refractivity contribution in [1.82, 2.24) is 0 Å². The van der Waals surface area contributed by atoms with Crippen LogP contribution in [0.25, 0.3) is 11.1 Å². The highest BCUT2D eigenvalue weighted by Gasteiger charge is 2.31. The van der Waals surface area contributed by atoms with Crippen LogP contribution in [0.2, 0.25) is 0 Å². The highest BCUT2D eigenvalue weighted by Crippen LogP contribution is 2.47. The van der Waals surface area contributed by atoms with Gasteiger partial charge in [0.05, 0.1) is 12.8 Å². The summed E-state index contributed by atoms with van der Waals surface area (Å²) in [7, 11) is 1.50. The molecule has 30 heavy (non-hydrogen) atoms. The van der Waals surface area contributed by atoms with E-state index in [2.05, 4.69) is 5.32 Å². The van der Waals surface area contributed by atoms with Gasteiger partial charge in [-0.1, -0.05) is 18.2 Å². The third kappa shape index (κ3) is 3.86. The third-order valence-electron chi connectivity index (χ3n) is 4.89. The maximum atomic E-state index is 13.7. The first-order chi connectivity index (χ1) is 14.5. The van der Waals surface area contributed by atoms with E-state index in [4.69, 9.17) is 15.2 Å². The number of methoxy groups -OCH3 is 1. The van der Waals surface area contributed by atoms with Crippen LogP contribution in [0.1, 0.15) is 22.8 Å². The number of anilines is 1. The van der Waals surface area contributed by atoms with E-state index in [1.165, 1.54) is 30.6 Å². The van der Waals surface area contributed by atoms with Crippen molar-refractivity contribution in [2.75, 3.05) is 19.0 Å². The average Bonchev–Trinajstić information content (AvgIpc) is 3.15. The maximum Gasteiger partial charge on any atom is 0.255 e. The fraction of sp³-hybridized carbons (Fsp3) is 0.182. The monoisotopic (exact) mass is 426 g/mol. The summed E-state index contributed by atoms with van der Waals surface area (Å²) in [4.78, 5) is 24.4. The Morgan fingerprint density at radius 1 is 1.27 bits per heavy atom. The van der Waals surface area contributed by atoms with Crippen LogP contribution in [0.15, 0.2) is 47.8 Å². The van der Waals surface area contributed by atoms with E-state index in [0.717, 1.165) is 16.0 Å². The molecule has 8 heteroatoms. The average molecular weight is 426 g/mol. The van der Waals surface area contributed by atoms with Crippen molar-refractivity contribution in [3.63, 3.8) is 0 Å². The first kappa shape index (κ1) is 19.9. The molecule has 0 fully saturated rings. The number of ether oxygens (including phenoxy) is 2. The molecule has 0 radical (unpaired) electrons. The fourth-order valence-electron chi connectivity index (χ4n) is 3.53. The lowest BCUT2D eigenvalue weighted by atomic mass is 9.89. The number of carbonyl (C=O) groups is 2. The summed E-state index contributed by atoms with van der Waals surface area (Å²) in [6.45, 7) is -0.256. The lowest BCUT2D eigenvalue weighted by Gasteiger charge is -2.24. The highest BCUT2D eigenvalue weighted by molar-refractivity contribution is 7.11. The lowest BCUT2D eigenvalue weighted by Crippen LogP contribution is -2.22. The zero-order valence-corrected chi connectivity index (χ0v) is 16.9. The minimum absolute atomic E-state index is 0.114. The lowest BCUT2D eigenvalue weighted by molar-refractivity contribution is -0.120. The zero-order valence-electron chi connectivity index (χ0n) is 16.1. The molecule has 0 saturated carbocycles. The van der Waals surface area contributed by atoms with Crippen LogP contribution >= 0.6 is 11.3 Å². The van der Waals surface area contributed by atoms with Gasteiger partial charge < -0.3 is 20.5 Å². The molecule has 0 saturated heterocycles. The molecule has 1 aliphatic rings. The molecular weight excluding hydrogens is 407 g/mol. The van der Waals surface area contributed by atoms with Gasteiger partial charge in [0.1, 0.15) is 5.82 Å². The van der Waals surface area contributed by atoms with Crippen molar-refractivity contribution in [2.24, 2.45) is 5.73 Å². The fourth-order valence-corrected chi connectivity index (χ4v) is 4.69. The van der Waals surface area contributed by atoms with Crippen molar-refractivity contribution in [3.8, 4) is 22.6 Å². The Bertz CT molecular complexity index is 1130. The second-order valence-corrected chi connectivity index (χ2v) is 7.78. The van der Waals surface area contributed by atoms with E-state index >= 15 is 0 Å². The van der Waals surface area contributed by atoms with Crippen LogP contribution in [-0.2, 0) is 9.59 Å². The molecule has 154 valence electrons. The van der Waals surface area contributed by atoms with Gasteiger partial charge in [0.2, 0.25) is 5.91 Å². The number of primary amides is 1. The molecule has 6 nitrogen and oxygen atoms in total. The van der Waals surface area contributed by atoms with Crippen LogP contribution in [0, 0.1) is 5.82 Å². The molecule has 1 aromatic heterocycles. The molecule has 1 atom stereocenters. The van der Waals surface area contributed by atoms with Gasteiger partial charge in [-0.15, -0.1) is 11.3 Å². The standard InChI is InChI=1S/C22H19FN2O4S/c1-28-18-8-13(5-6-17(18)29-10-19(24)26)15-9-20(27)25-21-16(11-30-22(15)21)12-3-2-4-14(23)7-12/h2-8,11,15H,9-10H2,1H3,(H2,24,26)(H,25,27)/t15-/m1/s1. The number of hydrogen-bond acceptors (Lipinski definition) is 5. The number of nitrogens with one attached hydrogen (secondary N) is 1. The zero-order chi connectivity index (χ0) is 21.3. The first-order valence-electron chi connectivity index (χ1n) is 9.22. The Hall–Kier alpha value is -3.39. The predicted octanol–water partition coefficient (Wildman–Crippen LogP) is 3.90. The van der Waals surface area contributed by atoms with Crippen molar-refractivity contribution in [2.45, 2.75) is 12.3 Å². The van der Waals surface area contributed by atoms with E-state index in [1.807, 2.05) is 17.5 Å². The van der Waals surface area contributed by atoms with Crippen LogP contribution in [-0.4, -0.2) is 25.5 Å². The van der Waals surface area contributed by atoms with Crippen LogP contribution in [0.3, 0.4) is 0 Å².